The first kappa shape index (κ1) is 27.8. The summed E-state index contributed by atoms with van der Waals surface area (Å²) in [5.74, 6) is -3.59. The Morgan fingerprint density at radius 1 is 0.814 bits per heavy atom. The lowest BCUT2D eigenvalue weighted by Gasteiger charge is -2.49. The first-order chi connectivity index (χ1) is 20.5. The molecule has 1 N–H and O–H groups in total. The highest BCUT2D eigenvalue weighted by Gasteiger charge is 2.67. The number of benzene rings is 3. The van der Waals surface area contributed by atoms with Gasteiger partial charge in [-0.1, -0.05) is 57.9 Å². The maximum absolute atomic E-state index is 14.5. The summed E-state index contributed by atoms with van der Waals surface area (Å²) >= 11 is 3.42. The van der Waals surface area contributed by atoms with Crippen LogP contribution >= 0.6 is 15.9 Å². The second-order valence-electron chi connectivity index (χ2n) is 12.5. The van der Waals surface area contributed by atoms with Gasteiger partial charge in [0.1, 0.15) is 5.75 Å². The molecule has 7 rings (SSSR count). The van der Waals surface area contributed by atoms with Gasteiger partial charge in [-0.25, -0.2) is 4.90 Å². The van der Waals surface area contributed by atoms with Gasteiger partial charge in [0.2, 0.25) is 23.6 Å². The van der Waals surface area contributed by atoms with E-state index < -0.39 is 29.1 Å². The number of hydrogen-bond acceptors (Lipinski definition) is 5. The average Bonchev–Trinajstić information content (AvgIpc) is 3.36. The number of carbonyl (C=O) groups excluding carboxylic acids is 4. The van der Waals surface area contributed by atoms with Crippen LogP contribution in [0.4, 0.5) is 11.4 Å². The van der Waals surface area contributed by atoms with Crippen LogP contribution in [-0.4, -0.2) is 28.7 Å². The third-order valence-corrected chi connectivity index (χ3v) is 10.7. The number of rotatable bonds is 3. The van der Waals surface area contributed by atoms with Gasteiger partial charge in [0.25, 0.3) is 0 Å². The van der Waals surface area contributed by atoms with E-state index in [0.717, 1.165) is 15.6 Å². The van der Waals surface area contributed by atoms with E-state index in [9.17, 15) is 24.3 Å². The van der Waals surface area contributed by atoms with Crippen LogP contribution in [-0.2, 0) is 19.2 Å². The Morgan fingerprint density at radius 2 is 1.44 bits per heavy atom. The zero-order valence-corrected chi connectivity index (χ0v) is 25.7. The van der Waals surface area contributed by atoms with Crippen molar-refractivity contribution < 1.29 is 24.3 Å². The van der Waals surface area contributed by atoms with E-state index in [1.807, 2.05) is 39.0 Å². The molecule has 0 radical (unpaired) electrons. The zero-order valence-electron chi connectivity index (χ0n) is 24.1. The van der Waals surface area contributed by atoms with E-state index in [2.05, 4.69) is 22.0 Å². The molecular weight excluding hydrogens is 608 g/mol. The summed E-state index contributed by atoms with van der Waals surface area (Å²) < 4.78 is 0.845. The van der Waals surface area contributed by atoms with Crippen LogP contribution in [0.1, 0.15) is 42.4 Å². The monoisotopic (exact) mass is 638 g/mol. The minimum Gasteiger partial charge on any atom is -0.507 e. The number of nitrogens with zero attached hydrogens (tertiary/aromatic N) is 2. The van der Waals surface area contributed by atoms with Gasteiger partial charge in [-0.05, 0) is 92.6 Å². The molecule has 0 bridgehead atoms. The van der Waals surface area contributed by atoms with Crippen LogP contribution in [0.2, 0.25) is 0 Å². The van der Waals surface area contributed by atoms with E-state index >= 15 is 0 Å². The smallest absolute Gasteiger partial charge is 0.241 e. The molecule has 3 fully saturated rings. The highest BCUT2D eigenvalue weighted by atomic mass is 79.9. The van der Waals surface area contributed by atoms with Crippen molar-refractivity contribution in [3.8, 4) is 5.75 Å². The first-order valence-corrected chi connectivity index (χ1v) is 15.4. The number of aryl methyl sites for hydroxylation is 2. The molecule has 7 nitrogen and oxygen atoms in total. The van der Waals surface area contributed by atoms with Gasteiger partial charge in [0, 0.05) is 10.4 Å². The molecule has 4 aliphatic rings. The van der Waals surface area contributed by atoms with Crippen LogP contribution in [0.5, 0.6) is 5.75 Å². The zero-order chi connectivity index (χ0) is 30.4. The molecule has 4 amide bonds. The average molecular weight is 640 g/mol. The number of halogens is 1. The Balaban J connectivity index is 1.38. The lowest BCUT2D eigenvalue weighted by Crippen LogP contribution is -2.49. The van der Waals surface area contributed by atoms with Crippen molar-refractivity contribution in [1.29, 1.82) is 0 Å². The first-order valence-electron chi connectivity index (χ1n) is 14.6. The second kappa shape index (κ2) is 9.74. The Labute approximate surface area is 258 Å². The van der Waals surface area contributed by atoms with Gasteiger partial charge in [-0.3, -0.25) is 24.1 Å². The number of anilines is 2. The van der Waals surface area contributed by atoms with Gasteiger partial charge in [0.05, 0.1) is 34.5 Å². The fourth-order valence-corrected chi connectivity index (χ4v) is 8.48. The van der Waals surface area contributed by atoms with Crippen molar-refractivity contribution in [3.05, 3.63) is 99.5 Å². The van der Waals surface area contributed by atoms with E-state index in [1.165, 1.54) is 9.80 Å². The van der Waals surface area contributed by atoms with Gasteiger partial charge in [-0.15, -0.1) is 0 Å². The molecule has 6 atom stereocenters. The molecule has 218 valence electrons. The number of carbonyl (C=O) groups is 4. The van der Waals surface area contributed by atoms with Crippen molar-refractivity contribution in [1.82, 2.24) is 0 Å². The van der Waals surface area contributed by atoms with E-state index in [4.69, 9.17) is 0 Å². The second-order valence-corrected chi connectivity index (χ2v) is 13.4. The third kappa shape index (κ3) is 3.85. The largest absolute Gasteiger partial charge is 0.507 e. The molecular formula is C35H31BrN2O5. The lowest BCUT2D eigenvalue weighted by molar-refractivity contribution is -0.131. The molecule has 0 spiro atoms. The molecule has 2 saturated heterocycles. The highest BCUT2D eigenvalue weighted by Crippen LogP contribution is 2.64. The number of fused-ring (bicyclic) bond motifs is 4. The van der Waals surface area contributed by atoms with Crippen LogP contribution < -0.4 is 9.80 Å². The van der Waals surface area contributed by atoms with E-state index in [0.29, 0.717) is 35.3 Å². The Morgan fingerprint density at radius 3 is 2.09 bits per heavy atom. The molecule has 3 aromatic carbocycles. The Bertz CT molecular complexity index is 1730. The summed E-state index contributed by atoms with van der Waals surface area (Å²) in [6.07, 6.45) is 2.73. The predicted octanol–water partition coefficient (Wildman–Crippen LogP) is 6.21. The van der Waals surface area contributed by atoms with Crippen LogP contribution in [0, 0.1) is 42.9 Å². The Hall–Kier alpha value is -4.04. The molecule has 1 saturated carbocycles. The topological polar surface area (TPSA) is 95.0 Å². The molecule has 6 unspecified atom stereocenters. The SMILES string of the molecule is Cc1cc(C2C3=CCC4C(=O)N(c5ccc(Br)cc5)C(=O)C4C3CC3C(=O)N(c4ccccc4)C(=O)C32C)cc(C)c1O. The van der Waals surface area contributed by atoms with Crippen molar-refractivity contribution >= 4 is 50.9 Å². The van der Waals surface area contributed by atoms with Crippen molar-refractivity contribution in [2.24, 2.45) is 29.1 Å². The fraction of sp³-hybridized carbons (Fsp3) is 0.314. The number of phenolic OH excluding ortho intramolecular Hbond substituents is 1. The Kier molecular flexibility index (Phi) is 6.29. The number of phenols is 1. The molecule has 2 aliphatic carbocycles. The predicted molar refractivity (Wildman–Crippen MR) is 165 cm³/mol. The number of para-hydroxylation sites is 1. The van der Waals surface area contributed by atoms with Crippen molar-refractivity contribution in [2.45, 2.75) is 39.5 Å². The molecule has 0 aromatic heterocycles. The van der Waals surface area contributed by atoms with E-state index in [-0.39, 0.29) is 35.3 Å². The number of hydrogen-bond donors (Lipinski definition) is 1. The maximum Gasteiger partial charge on any atom is 0.241 e. The quantitative estimate of drug-likeness (QED) is 0.272. The normalized spacial score (nSPS) is 29.9. The molecule has 2 heterocycles. The minimum atomic E-state index is -1.12. The van der Waals surface area contributed by atoms with Crippen LogP contribution in [0.15, 0.2) is 82.9 Å². The van der Waals surface area contributed by atoms with Gasteiger partial charge < -0.3 is 5.11 Å². The molecule has 8 heteroatoms. The summed E-state index contributed by atoms with van der Waals surface area (Å²) in [6.45, 7) is 5.52. The highest BCUT2D eigenvalue weighted by molar-refractivity contribution is 9.10. The van der Waals surface area contributed by atoms with Crippen LogP contribution in [0.25, 0.3) is 0 Å². The number of imide groups is 2. The summed E-state index contributed by atoms with van der Waals surface area (Å²) in [6, 6.07) is 19.9. The van der Waals surface area contributed by atoms with Gasteiger partial charge in [0.15, 0.2) is 0 Å². The van der Waals surface area contributed by atoms with E-state index in [1.54, 1.807) is 48.5 Å². The third-order valence-electron chi connectivity index (χ3n) is 10.2. The molecule has 43 heavy (non-hydrogen) atoms. The molecule has 3 aromatic rings. The summed E-state index contributed by atoms with van der Waals surface area (Å²) in [5.41, 5.74) is 3.04. The molecule has 2 aliphatic heterocycles. The number of aromatic hydroxyl groups is 1. The fourth-order valence-electron chi connectivity index (χ4n) is 8.22. The van der Waals surface area contributed by atoms with Crippen molar-refractivity contribution in [3.63, 3.8) is 0 Å². The lowest BCUT2D eigenvalue weighted by atomic mass is 9.51. The number of amides is 4. The summed E-state index contributed by atoms with van der Waals surface area (Å²) in [5, 5.41) is 10.6. The van der Waals surface area contributed by atoms with Crippen molar-refractivity contribution in [2.75, 3.05) is 9.80 Å². The van der Waals surface area contributed by atoms with Gasteiger partial charge >= 0.3 is 0 Å². The maximum atomic E-state index is 14.5. The minimum absolute atomic E-state index is 0.192. The standard InChI is InChI=1S/C35H31BrN2O5/c1-18-15-20(16-19(2)30(18)39)29-24-13-14-25-28(33(42)37(31(25)40)23-11-9-21(36)10-12-23)26(24)17-27-32(41)38(34(43)35(27,29)3)22-7-5-4-6-8-22/h4-13,15-16,25-29,39H,14,17H2,1-3H3. The van der Waals surface area contributed by atoms with Crippen LogP contribution in [0.3, 0.4) is 0 Å². The summed E-state index contributed by atoms with van der Waals surface area (Å²) in [7, 11) is 0. The van der Waals surface area contributed by atoms with Gasteiger partial charge in [-0.2, -0.15) is 0 Å². The number of allylic oxidation sites excluding steroid dienone is 2. The summed E-state index contributed by atoms with van der Waals surface area (Å²) in [4.78, 5) is 59.2.